The van der Waals surface area contributed by atoms with Crippen LogP contribution < -0.4 is 5.32 Å². The van der Waals surface area contributed by atoms with Crippen LogP contribution in [0.1, 0.15) is 26.7 Å². The quantitative estimate of drug-likeness (QED) is 0.869. The molecule has 1 fully saturated rings. The van der Waals surface area contributed by atoms with Gasteiger partial charge in [-0.25, -0.2) is 0 Å². The van der Waals surface area contributed by atoms with Crippen molar-refractivity contribution in [1.29, 1.82) is 0 Å². The first-order chi connectivity index (χ1) is 9.78. The first-order valence-corrected chi connectivity index (χ1v) is 9.01. The number of hydrogen-bond acceptors (Lipinski definition) is 4. The van der Waals surface area contributed by atoms with Gasteiger partial charge < -0.3 is 0 Å². The van der Waals surface area contributed by atoms with E-state index in [0.29, 0.717) is 6.04 Å². The summed E-state index contributed by atoms with van der Waals surface area (Å²) in [4.78, 5) is 2.54. The van der Waals surface area contributed by atoms with Crippen molar-refractivity contribution in [3.63, 3.8) is 0 Å². The van der Waals surface area contributed by atoms with E-state index in [1.54, 1.807) is 0 Å². The van der Waals surface area contributed by atoms with Gasteiger partial charge in [0.15, 0.2) is 0 Å². The zero-order valence-electron chi connectivity index (χ0n) is 12.2. The Morgan fingerprint density at radius 2 is 2.15 bits per heavy atom. The van der Waals surface area contributed by atoms with Crippen LogP contribution >= 0.6 is 0 Å². The molecule has 0 amide bonds. The monoisotopic (exact) mass is 338 g/mol. The molecule has 1 saturated heterocycles. The third-order valence-corrected chi connectivity index (χ3v) is 5.59. The molecule has 0 bridgehead atoms. The van der Waals surface area contributed by atoms with E-state index in [4.69, 9.17) is 0 Å². The summed E-state index contributed by atoms with van der Waals surface area (Å²) in [5.41, 5.74) is 3.30. The summed E-state index contributed by atoms with van der Waals surface area (Å²) in [6, 6.07) is 6.78. The SMILES string of the molecule is CCN1CCC(C(C)Nc2cccc3n[se]nc23)CC1. The van der Waals surface area contributed by atoms with Gasteiger partial charge in [-0.05, 0) is 0 Å². The van der Waals surface area contributed by atoms with Crippen molar-refractivity contribution in [1.82, 2.24) is 12.9 Å². The van der Waals surface area contributed by atoms with Gasteiger partial charge in [0.05, 0.1) is 0 Å². The van der Waals surface area contributed by atoms with E-state index >= 15 is 0 Å². The van der Waals surface area contributed by atoms with Crippen LogP contribution in [-0.2, 0) is 0 Å². The Balaban J connectivity index is 1.67. The van der Waals surface area contributed by atoms with Gasteiger partial charge in [-0.15, -0.1) is 0 Å². The van der Waals surface area contributed by atoms with E-state index in [-0.39, 0.29) is 15.0 Å². The Morgan fingerprint density at radius 1 is 1.35 bits per heavy atom. The van der Waals surface area contributed by atoms with Gasteiger partial charge in [0, 0.05) is 0 Å². The van der Waals surface area contributed by atoms with Crippen LogP contribution in [0.15, 0.2) is 18.2 Å². The second-order valence-electron chi connectivity index (χ2n) is 5.64. The molecule has 5 heteroatoms. The van der Waals surface area contributed by atoms with Crippen molar-refractivity contribution in [3.05, 3.63) is 18.2 Å². The molecule has 1 aromatic heterocycles. The zero-order chi connectivity index (χ0) is 13.9. The third-order valence-electron chi connectivity index (χ3n) is 4.46. The fourth-order valence-electron chi connectivity index (χ4n) is 3.05. The number of hydrogen-bond donors (Lipinski definition) is 1. The Labute approximate surface area is 126 Å². The maximum absolute atomic E-state index is 4.55. The average molecular weight is 337 g/mol. The second kappa shape index (κ2) is 6.25. The molecule has 2 heterocycles. The Morgan fingerprint density at radius 3 is 2.90 bits per heavy atom. The fraction of sp³-hybridized carbons (Fsp3) is 0.600. The summed E-state index contributed by atoms with van der Waals surface area (Å²) in [7, 11) is 0. The van der Waals surface area contributed by atoms with Crippen molar-refractivity contribution < 1.29 is 0 Å². The summed E-state index contributed by atoms with van der Waals surface area (Å²) >= 11 is 0.0514. The topological polar surface area (TPSA) is 41.0 Å². The van der Waals surface area contributed by atoms with Crippen LogP contribution in [0.2, 0.25) is 0 Å². The van der Waals surface area contributed by atoms with E-state index < -0.39 is 0 Å². The van der Waals surface area contributed by atoms with Crippen molar-refractivity contribution >= 4 is 31.7 Å². The van der Waals surface area contributed by atoms with Crippen molar-refractivity contribution in [2.75, 3.05) is 25.0 Å². The summed E-state index contributed by atoms with van der Waals surface area (Å²) in [6.07, 6.45) is 2.59. The molecule has 1 N–H and O–H groups in total. The van der Waals surface area contributed by atoms with Gasteiger partial charge >= 0.3 is 126 Å². The molecule has 4 nitrogen and oxygen atoms in total. The summed E-state index contributed by atoms with van der Waals surface area (Å²) in [5, 5.41) is 3.68. The Hall–Kier alpha value is -0.901. The number of piperidine rings is 1. The number of nitrogens with one attached hydrogen (secondary N) is 1. The molecule has 0 aliphatic carbocycles. The van der Waals surface area contributed by atoms with Crippen LogP contribution in [-0.4, -0.2) is 53.5 Å². The molecule has 3 rings (SSSR count). The fourth-order valence-corrected chi connectivity index (χ4v) is 4.21. The van der Waals surface area contributed by atoms with E-state index in [0.717, 1.165) is 22.6 Å². The molecule has 1 aliphatic heterocycles. The Kier molecular flexibility index (Phi) is 4.39. The molecule has 1 atom stereocenters. The Bertz CT molecular complexity index is 560. The number of anilines is 1. The molecular formula is C15H22N4Se. The predicted octanol–water partition coefficient (Wildman–Crippen LogP) is 2.22. The van der Waals surface area contributed by atoms with Crippen LogP contribution in [0.3, 0.4) is 0 Å². The van der Waals surface area contributed by atoms with Crippen LogP contribution in [0, 0.1) is 5.92 Å². The maximum atomic E-state index is 4.55. The molecule has 0 radical (unpaired) electrons. The molecule has 1 aliphatic rings. The predicted molar refractivity (Wildman–Crippen MR) is 84.4 cm³/mol. The molecule has 0 saturated carbocycles. The van der Waals surface area contributed by atoms with Gasteiger partial charge in [0.25, 0.3) is 0 Å². The first kappa shape index (κ1) is 14.1. The van der Waals surface area contributed by atoms with E-state index in [1.165, 1.54) is 32.5 Å². The average Bonchev–Trinajstić information content (AvgIpc) is 2.97. The third kappa shape index (κ3) is 2.90. The van der Waals surface area contributed by atoms with Gasteiger partial charge in [0.2, 0.25) is 0 Å². The number of rotatable bonds is 4. The van der Waals surface area contributed by atoms with Crippen LogP contribution in [0.5, 0.6) is 0 Å². The van der Waals surface area contributed by atoms with Crippen molar-refractivity contribution in [2.24, 2.45) is 5.92 Å². The van der Waals surface area contributed by atoms with Crippen LogP contribution in [0.4, 0.5) is 5.69 Å². The molecule has 1 unspecified atom stereocenters. The van der Waals surface area contributed by atoms with Crippen LogP contribution in [0.25, 0.3) is 11.0 Å². The van der Waals surface area contributed by atoms with Gasteiger partial charge in [0.1, 0.15) is 0 Å². The van der Waals surface area contributed by atoms with Crippen molar-refractivity contribution in [3.8, 4) is 0 Å². The second-order valence-corrected chi connectivity index (χ2v) is 6.75. The standard InChI is InChI=1S/C15H22N4Se/c1-3-19-9-7-12(8-10-19)11(2)16-13-5-4-6-14-15(13)18-20-17-14/h4-6,11-12,16H,3,7-10H2,1-2H3. The molecule has 2 aromatic rings. The molecular weight excluding hydrogens is 315 g/mol. The van der Waals surface area contributed by atoms with E-state index in [1.807, 2.05) is 0 Å². The van der Waals surface area contributed by atoms with Crippen molar-refractivity contribution in [2.45, 2.75) is 32.7 Å². The molecule has 20 heavy (non-hydrogen) atoms. The zero-order valence-corrected chi connectivity index (χ0v) is 13.9. The minimum absolute atomic E-state index is 0.0514. The molecule has 0 spiro atoms. The molecule has 1 aromatic carbocycles. The van der Waals surface area contributed by atoms with E-state index in [2.05, 4.69) is 50.2 Å². The summed E-state index contributed by atoms with van der Waals surface area (Å²) in [6.45, 7) is 8.22. The van der Waals surface area contributed by atoms with Gasteiger partial charge in [-0.1, -0.05) is 0 Å². The first-order valence-electron chi connectivity index (χ1n) is 7.48. The minimum atomic E-state index is 0.0514. The van der Waals surface area contributed by atoms with E-state index in [9.17, 15) is 0 Å². The van der Waals surface area contributed by atoms with Gasteiger partial charge in [-0.3, -0.25) is 0 Å². The summed E-state index contributed by atoms with van der Waals surface area (Å²) in [5.74, 6) is 0.762. The number of likely N-dealkylation sites (tertiary alicyclic amines) is 1. The molecule has 108 valence electrons. The summed E-state index contributed by atoms with van der Waals surface area (Å²) < 4.78 is 9.00. The number of fused-ring (bicyclic) bond motifs is 1. The number of nitrogens with zero attached hydrogens (tertiary/aromatic N) is 3. The van der Waals surface area contributed by atoms with Gasteiger partial charge in [-0.2, -0.15) is 0 Å². The number of aromatic nitrogens is 2. The normalized spacial score (nSPS) is 19.3. The number of benzene rings is 1.